The van der Waals surface area contributed by atoms with E-state index in [0.717, 1.165) is 20.9 Å². The highest BCUT2D eigenvalue weighted by Crippen LogP contribution is 2.24. The Bertz CT molecular complexity index is 731. The van der Waals surface area contributed by atoms with Crippen molar-refractivity contribution in [3.8, 4) is 0 Å². The van der Waals surface area contributed by atoms with Crippen molar-refractivity contribution >= 4 is 38.7 Å². The van der Waals surface area contributed by atoms with Crippen LogP contribution in [-0.4, -0.2) is 28.0 Å². The Kier molecular flexibility index (Phi) is 5.14. The first-order chi connectivity index (χ1) is 10.7. The number of nitrogens with one attached hydrogen (secondary N) is 2. The van der Waals surface area contributed by atoms with Gasteiger partial charge in [-0.2, -0.15) is 0 Å². The fourth-order valence-corrected chi connectivity index (χ4v) is 2.83. The van der Waals surface area contributed by atoms with Crippen LogP contribution in [0.25, 0.3) is 10.9 Å². The minimum Gasteiger partial charge on any atom is -0.480 e. The van der Waals surface area contributed by atoms with Gasteiger partial charge in [-0.05, 0) is 29.2 Å². The van der Waals surface area contributed by atoms with Crippen LogP contribution in [0.1, 0.15) is 32.8 Å². The number of H-pyrrole nitrogens is 1. The molecule has 0 saturated carbocycles. The highest BCUT2D eigenvalue weighted by atomic mass is 79.9. The van der Waals surface area contributed by atoms with Gasteiger partial charge in [0.05, 0.1) is 0 Å². The maximum atomic E-state index is 12.0. The molecule has 1 aromatic carbocycles. The molecule has 23 heavy (non-hydrogen) atoms. The summed E-state index contributed by atoms with van der Waals surface area (Å²) in [4.78, 5) is 26.7. The summed E-state index contributed by atoms with van der Waals surface area (Å²) in [5, 5.41) is 13.0. The van der Waals surface area contributed by atoms with Crippen LogP contribution < -0.4 is 5.32 Å². The number of aromatic nitrogens is 1. The summed E-state index contributed by atoms with van der Waals surface area (Å²) in [5.41, 5.74) is 1.62. The molecule has 0 aliphatic carbocycles. The molecule has 2 aromatic rings. The molecule has 0 aliphatic heterocycles. The van der Waals surface area contributed by atoms with E-state index >= 15 is 0 Å². The van der Waals surface area contributed by atoms with Crippen molar-refractivity contribution in [2.24, 2.45) is 5.41 Å². The standard InChI is InChI=1S/C17H21BrN2O3/c1-17(2,3)8-15(21)20-14(16(22)23)6-10-9-19-13-5-4-11(18)7-12(10)13/h4-5,7,9,14,19H,6,8H2,1-3H3,(H,20,21)(H,22,23). The van der Waals surface area contributed by atoms with Crippen LogP contribution in [0.5, 0.6) is 0 Å². The molecular weight excluding hydrogens is 360 g/mol. The van der Waals surface area contributed by atoms with Crippen molar-refractivity contribution in [3.05, 3.63) is 34.4 Å². The summed E-state index contributed by atoms with van der Waals surface area (Å²) in [5.74, 6) is -1.28. The van der Waals surface area contributed by atoms with Crippen LogP contribution in [0.15, 0.2) is 28.9 Å². The lowest BCUT2D eigenvalue weighted by atomic mass is 9.91. The summed E-state index contributed by atoms with van der Waals surface area (Å²) in [6.45, 7) is 5.83. The smallest absolute Gasteiger partial charge is 0.326 e. The number of aliphatic carboxylic acids is 1. The average molecular weight is 381 g/mol. The Morgan fingerprint density at radius 2 is 2.04 bits per heavy atom. The van der Waals surface area contributed by atoms with Crippen molar-refractivity contribution in [2.75, 3.05) is 0 Å². The number of carboxylic acid groups (broad SMARTS) is 1. The largest absolute Gasteiger partial charge is 0.480 e. The number of carboxylic acids is 1. The quantitative estimate of drug-likeness (QED) is 0.742. The van der Waals surface area contributed by atoms with Gasteiger partial charge in [0.2, 0.25) is 5.91 Å². The normalized spacial score (nSPS) is 13.0. The van der Waals surface area contributed by atoms with Crippen LogP contribution in [0, 0.1) is 5.41 Å². The van der Waals surface area contributed by atoms with Gasteiger partial charge in [-0.15, -0.1) is 0 Å². The Hall–Kier alpha value is -1.82. The van der Waals surface area contributed by atoms with Gasteiger partial charge in [0.15, 0.2) is 0 Å². The second-order valence-electron chi connectivity index (χ2n) is 6.90. The third-order valence-electron chi connectivity index (χ3n) is 3.48. The van der Waals surface area contributed by atoms with Crippen LogP contribution in [-0.2, 0) is 16.0 Å². The Morgan fingerprint density at radius 3 is 2.65 bits per heavy atom. The molecular formula is C17H21BrN2O3. The number of amides is 1. The molecule has 3 N–H and O–H groups in total. The van der Waals surface area contributed by atoms with Gasteiger partial charge < -0.3 is 15.4 Å². The second-order valence-corrected chi connectivity index (χ2v) is 7.82. The topological polar surface area (TPSA) is 82.2 Å². The third kappa shape index (κ3) is 4.82. The third-order valence-corrected chi connectivity index (χ3v) is 3.97. The van der Waals surface area contributed by atoms with Crippen LogP contribution >= 0.6 is 15.9 Å². The molecule has 0 radical (unpaired) electrons. The maximum Gasteiger partial charge on any atom is 0.326 e. The van der Waals surface area contributed by atoms with Gasteiger partial charge in [-0.25, -0.2) is 4.79 Å². The van der Waals surface area contributed by atoms with Gasteiger partial charge in [-0.1, -0.05) is 36.7 Å². The van der Waals surface area contributed by atoms with Gasteiger partial charge in [-0.3, -0.25) is 4.79 Å². The Morgan fingerprint density at radius 1 is 1.35 bits per heavy atom. The molecule has 124 valence electrons. The molecule has 6 heteroatoms. The second kappa shape index (κ2) is 6.74. The number of carbonyl (C=O) groups is 2. The fourth-order valence-electron chi connectivity index (χ4n) is 2.47. The van der Waals surface area contributed by atoms with E-state index in [0.29, 0.717) is 0 Å². The zero-order valence-electron chi connectivity index (χ0n) is 13.4. The fraction of sp³-hybridized carbons (Fsp3) is 0.412. The molecule has 0 saturated heterocycles. The zero-order chi connectivity index (χ0) is 17.2. The number of rotatable bonds is 5. The highest BCUT2D eigenvalue weighted by Gasteiger charge is 2.24. The molecule has 1 heterocycles. The van der Waals surface area contributed by atoms with E-state index in [1.807, 2.05) is 39.0 Å². The van der Waals surface area contributed by atoms with Gasteiger partial charge >= 0.3 is 5.97 Å². The number of hydrogen-bond donors (Lipinski definition) is 3. The monoisotopic (exact) mass is 380 g/mol. The van der Waals surface area contributed by atoms with E-state index in [-0.39, 0.29) is 24.2 Å². The number of hydrogen-bond acceptors (Lipinski definition) is 2. The lowest BCUT2D eigenvalue weighted by molar-refractivity contribution is -0.142. The van der Waals surface area contributed by atoms with Crippen molar-refractivity contribution in [1.82, 2.24) is 10.3 Å². The van der Waals surface area contributed by atoms with Crippen molar-refractivity contribution in [2.45, 2.75) is 39.7 Å². The number of carbonyl (C=O) groups excluding carboxylic acids is 1. The Balaban J connectivity index is 2.17. The summed E-state index contributed by atoms with van der Waals surface area (Å²) < 4.78 is 0.925. The first-order valence-electron chi connectivity index (χ1n) is 7.43. The summed E-state index contributed by atoms with van der Waals surface area (Å²) in [7, 11) is 0. The summed E-state index contributed by atoms with van der Waals surface area (Å²) in [6.07, 6.45) is 2.32. The van der Waals surface area contributed by atoms with Crippen molar-refractivity contribution in [1.29, 1.82) is 0 Å². The van der Waals surface area contributed by atoms with E-state index in [9.17, 15) is 14.7 Å². The van der Waals surface area contributed by atoms with Gasteiger partial charge in [0, 0.05) is 34.4 Å². The average Bonchev–Trinajstić information content (AvgIpc) is 2.78. The lowest BCUT2D eigenvalue weighted by Crippen LogP contribution is -2.43. The predicted octanol–water partition coefficient (Wildman–Crippen LogP) is 3.48. The van der Waals surface area contributed by atoms with Gasteiger partial charge in [0.1, 0.15) is 6.04 Å². The minimum atomic E-state index is -1.03. The minimum absolute atomic E-state index is 0.182. The molecule has 1 aromatic heterocycles. The Labute approximate surface area is 143 Å². The maximum absolute atomic E-state index is 12.0. The predicted molar refractivity (Wildman–Crippen MR) is 93.3 cm³/mol. The molecule has 5 nitrogen and oxygen atoms in total. The van der Waals surface area contributed by atoms with E-state index in [4.69, 9.17) is 0 Å². The van der Waals surface area contributed by atoms with E-state index in [1.54, 1.807) is 6.20 Å². The van der Waals surface area contributed by atoms with Crippen LogP contribution in [0.2, 0.25) is 0 Å². The molecule has 0 spiro atoms. The van der Waals surface area contributed by atoms with Crippen LogP contribution in [0.4, 0.5) is 0 Å². The highest BCUT2D eigenvalue weighted by molar-refractivity contribution is 9.10. The molecule has 1 amide bonds. The molecule has 0 bridgehead atoms. The number of aromatic amines is 1. The summed E-state index contributed by atoms with van der Waals surface area (Å²) >= 11 is 3.42. The first-order valence-corrected chi connectivity index (χ1v) is 8.23. The SMILES string of the molecule is CC(C)(C)CC(=O)NC(Cc1c[nH]c2ccc(Br)cc12)C(=O)O. The summed E-state index contributed by atoms with van der Waals surface area (Å²) in [6, 6.07) is 4.85. The van der Waals surface area contributed by atoms with Crippen molar-refractivity contribution in [3.63, 3.8) is 0 Å². The van der Waals surface area contributed by atoms with Crippen LogP contribution in [0.3, 0.4) is 0 Å². The molecule has 1 unspecified atom stereocenters. The van der Waals surface area contributed by atoms with Gasteiger partial charge in [0.25, 0.3) is 0 Å². The molecule has 0 fully saturated rings. The molecule has 2 rings (SSSR count). The lowest BCUT2D eigenvalue weighted by Gasteiger charge is -2.20. The van der Waals surface area contributed by atoms with Crippen molar-refractivity contribution < 1.29 is 14.7 Å². The molecule has 0 aliphatic rings. The zero-order valence-corrected chi connectivity index (χ0v) is 15.0. The van der Waals surface area contributed by atoms with E-state index in [2.05, 4.69) is 26.2 Å². The first kappa shape index (κ1) is 17.5. The van der Waals surface area contributed by atoms with E-state index in [1.165, 1.54) is 0 Å². The number of halogens is 1. The number of fused-ring (bicyclic) bond motifs is 1. The number of benzene rings is 1. The molecule has 1 atom stereocenters. The van der Waals surface area contributed by atoms with E-state index < -0.39 is 12.0 Å².